The predicted molar refractivity (Wildman–Crippen MR) is 81.8 cm³/mol. The maximum absolute atomic E-state index is 5.91. The zero-order chi connectivity index (χ0) is 14.8. The zero-order valence-corrected chi connectivity index (χ0v) is 12.5. The van der Waals surface area contributed by atoms with E-state index in [0.717, 1.165) is 16.8 Å². The molecule has 106 valence electrons. The minimum absolute atomic E-state index is 0.0360. The smallest absolute Gasteiger partial charge is 0.245 e. The van der Waals surface area contributed by atoms with Gasteiger partial charge in [0.2, 0.25) is 5.28 Å². The molecule has 0 unspecified atom stereocenters. The number of anilines is 2. The summed E-state index contributed by atoms with van der Waals surface area (Å²) >= 11 is 11.6. The summed E-state index contributed by atoms with van der Waals surface area (Å²) in [7, 11) is 1.88. The Morgan fingerprint density at radius 1 is 1.05 bits per heavy atom. The van der Waals surface area contributed by atoms with Gasteiger partial charge >= 0.3 is 0 Å². The first-order valence-corrected chi connectivity index (χ1v) is 6.79. The van der Waals surface area contributed by atoms with Crippen LogP contribution in [0, 0.1) is 0 Å². The van der Waals surface area contributed by atoms with Crippen molar-refractivity contribution in [3.8, 4) is 11.1 Å². The Hall–Kier alpha value is -2.18. The number of hydrogen-bond donors (Lipinski definition) is 1. The fraction of sp³-hybridized carbons (Fsp3) is 0.0769. The van der Waals surface area contributed by atoms with Crippen molar-refractivity contribution in [2.24, 2.45) is 7.05 Å². The van der Waals surface area contributed by atoms with Crippen LogP contribution in [0.5, 0.6) is 0 Å². The van der Waals surface area contributed by atoms with Crippen LogP contribution in [0.25, 0.3) is 11.1 Å². The van der Waals surface area contributed by atoms with Crippen LogP contribution in [0.2, 0.25) is 10.4 Å². The van der Waals surface area contributed by atoms with Gasteiger partial charge in [0.1, 0.15) is 0 Å². The second kappa shape index (κ2) is 5.67. The molecule has 0 fully saturated rings. The quantitative estimate of drug-likeness (QED) is 0.801. The van der Waals surface area contributed by atoms with Crippen LogP contribution in [0.3, 0.4) is 0 Å². The van der Waals surface area contributed by atoms with Crippen LogP contribution in [0.4, 0.5) is 11.5 Å². The Labute approximate surface area is 130 Å². The SMILES string of the molecule is Cn1cc(-c2ccc(Nc3nc(Cl)nnc3Cl)cc2)cn1. The van der Waals surface area contributed by atoms with E-state index in [-0.39, 0.29) is 10.4 Å². The molecule has 8 heteroatoms. The highest BCUT2D eigenvalue weighted by molar-refractivity contribution is 6.32. The monoisotopic (exact) mass is 320 g/mol. The number of nitrogens with zero attached hydrogens (tertiary/aromatic N) is 5. The van der Waals surface area contributed by atoms with Crippen LogP contribution in [-0.2, 0) is 7.05 Å². The first-order chi connectivity index (χ1) is 10.1. The normalized spacial score (nSPS) is 10.6. The van der Waals surface area contributed by atoms with E-state index in [0.29, 0.717) is 5.82 Å². The summed E-state index contributed by atoms with van der Waals surface area (Å²) in [5, 5.41) is 14.6. The standard InChI is InChI=1S/C13H10Cl2N6/c1-21-7-9(6-16-21)8-2-4-10(5-3-8)17-12-11(14)19-20-13(15)18-12/h2-7H,1H3,(H,17,18,20). The highest BCUT2D eigenvalue weighted by Crippen LogP contribution is 2.24. The summed E-state index contributed by atoms with van der Waals surface area (Å²) in [4.78, 5) is 3.99. The minimum atomic E-state index is 0.0360. The molecule has 0 saturated carbocycles. The molecule has 0 aliphatic carbocycles. The number of rotatable bonds is 3. The Morgan fingerprint density at radius 3 is 2.48 bits per heavy atom. The van der Waals surface area contributed by atoms with E-state index in [4.69, 9.17) is 23.2 Å². The molecule has 0 radical (unpaired) electrons. The average Bonchev–Trinajstić information content (AvgIpc) is 2.90. The molecular formula is C13H10Cl2N6. The predicted octanol–water partition coefficient (Wildman–Crippen LogP) is 3.32. The van der Waals surface area contributed by atoms with E-state index >= 15 is 0 Å². The van der Waals surface area contributed by atoms with E-state index in [1.165, 1.54) is 0 Å². The molecule has 3 aromatic rings. The van der Waals surface area contributed by atoms with Gasteiger partial charge in [-0.05, 0) is 29.3 Å². The van der Waals surface area contributed by atoms with Crippen LogP contribution >= 0.6 is 23.2 Å². The lowest BCUT2D eigenvalue weighted by atomic mass is 10.1. The number of aryl methyl sites for hydroxylation is 1. The Morgan fingerprint density at radius 2 is 1.81 bits per heavy atom. The van der Waals surface area contributed by atoms with Crippen LogP contribution < -0.4 is 5.32 Å². The molecule has 0 bridgehead atoms. The third kappa shape index (κ3) is 3.12. The first kappa shape index (κ1) is 13.8. The molecule has 21 heavy (non-hydrogen) atoms. The molecule has 0 spiro atoms. The first-order valence-electron chi connectivity index (χ1n) is 6.03. The van der Waals surface area contributed by atoms with Gasteiger partial charge in [0.05, 0.1) is 6.20 Å². The lowest BCUT2D eigenvalue weighted by Gasteiger charge is -2.07. The highest BCUT2D eigenvalue weighted by Gasteiger charge is 2.07. The second-order valence-corrected chi connectivity index (χ2v) is 5.02. The lowest BCUT2D eigenvalue weighted by molar-refractivity contribution is 0.768. The number of aromatic nitrogens is 5. The topological polar surface area (TPSA) is 68.5 Å². The summed E-state index contributed by atoms with van der Waals surface area (Å²) in [6.07, 6.45) is 3.76. The molecule has 6 nitrogen and oxygen atoms in total. The van der Waals surface area contributed by atoms with Gasteiger partial charge in [0.25, 0.3) is 0 Å². The van der Waals surface area contributed by atoms with Crippen LogP contribution in [0.15, 0.2) is 36.7 Å². The van der Waals surface area contributed by atoms with Crippen molar-refractivity contribution in [3.05, 3.63) is 47.1 Å². The molecule has 1 N–H and O–H groups in total. The third-order valence-corrected chi connectivity index (χ3v) is 3.22. The summed E-state index contributed by atoms with van der Waals surface area (Å²) < 4.78 is 1.76. The zero-order valence-electron chi connectivity index (χ0n) is 11.0. The summed E-state index contributed by atoms with van der Waals surface area (Å²) in [6.45, 7) is 0. The van der Waals surface area contributed by atoms with E-state index in [9.17, 15) is 0 Å². The second-order valence-electron chi connectivity index (χ2n) is 4.33. The van der Waals surface area contributed by atoms with Gasteiger partial charge in [-0.15, -0.1) is 10.2 Å². The Kier molecular flexibility index (Phi) is 3.72. The van der Waals surface area contributed by atoms with Crippen molar-refractivity contribution >= 4 is 34.7 Å². The van der Waals surface area contributed by atoms with Crippen molar-refractivity contribution in [3.63, 3.8) is 0 Å². The van der Waals surface area contributed by atoms with E-state index < -0.39 is 0 Å². The lowest BCUT2D eigenvalue weighted by Crippen LogP contribution is -1.98. The van der Waals surface area contributed by atoms with Gasteiger partial charge in [-0.1, -0.05) is 23.7 Å². The van der Waals surface area contributed by atoms with E-state index in [2.05, 4.69) is 25.6 Å². The Bertz CT molecular complexity index is 769. The van der Waals surface area contributed by atoms with Crippen molar-refractivity contribution in [1.29, 1.82) is 0 Å². The summed E-state index contributed by atoms with van der Waals surface area (Å²) in [5.41, 5.74) is 2.94. The number of nitrogens with one attached hydrogen (secondary N) is 1. The fourth-order valence-electron chi connectivity index (χ4n) is 1.83. The van der Waals surface area contributed by atoms with Crippen LogP contribution in [0.1, 0.15) is 0 Å². The Balaban J connectivity index is 1.83. The molecule has 0 saturated heterocycles. The van der Waals surface area contributed by atoms with Gasteiger partial charge in [-0.2, -0.15) is 10.1 Å². The molecule has 2 heterocycles. The van der Waals surface area contributed by atoms with Crippen LogP contribution in [-0.4, -0.2) is 25.0 Å². The van der Waals surface area contributed by atoms with Gasteiger partial charge in [0.15, 0.2) is 11.0 Å². The minimum Gasteiger partial charge on any atom is -0.338 e. The third-order valence-electron chi connectivity index (χ3n) is 2.81. The van der Waals surface area contributed by atoms with Crippen molar-refractivity contribution in [2.45, 2.75) is 0 Å². The van der Waals surface area contributed by atoms with Gasteiger partial charge in [-0.3, -0.25) is 4.68 Å². The van der Waals surface area contributed by atoms with Gasteiger partial charge < -0.3 is 5.32 Å². The maximum atomic E-state index is 5.91. The highest BCUT2D eigenvalue weighted by atomic mass is 35.5. The molecule has 0 aliphatic rings. The van der Waals surface area contributed by atoms with E-state index in [1.54, 1.807) is 4.68 Å². The summed E-state index contributed by atoms with van der Waals surface area (Å²) in [6, 6.07) is 7.77. The fourth-order valence-corrected chi connectivity index (χ4v) is 2.08. The molecular weight excluding hydrogens is 311 g/mol. The average molecular weight is 321 g/mol. The van der Waals surface area contributed by atoms with Crippen molar-refractivity contribution < 1.29 is 0 Å². The molecule has 2 aromatic heterocycles. The summed E-state index contributed by atoms with van der Waals surface area (Å²) in [5.74, 6) is 0.366. The number of halogens is 2. The largest absolute Gasteiger partial charge is 0.338 e. The number of benzene rings is 1. The van der Waals surface area contributed by atoms with E-state index in [1.807, 2.05) is 43.7 Å². The van der Waals surface area contributed by atoms with Gasteiger partial charge in [0, 0.05) is 24.5 Å². The maximum Gasteiger partial charge on any atom is 0.245 e. The molecule has 3 rings (SSSR count). The molecule has 0 aliphatic heterocycles. The molecule has 0 amide bonds. The van der Waals surface area contributed by atoms with Crippen molar-refractivity contribution in [2.75, 3.05) is 5.32 Å². The molecule has 1 aromatic carbocycles. The van der Waals surface area contributed by atoms with Gasteiger partial charge in [-0.25, -0.2) is 0 Å². The number of hydrogen-bond acceptors (Lipinski definition) is 5. The van der Waals surface area contributed by atoms with Crippen molar-refractivity contribution in [1.82, 2.24) is 25.0 Å². The molecule has 0 atom stereocenters.